The van der Waals surface area contributed by atoms with Crippen LogP contribution in [0.25, 0.3) is 0 Å². The second-order valence-corrected chi connectivity index (χ2v) is 2.28. The van der Waals surface area contributed by atoms with Crippen LogP contribution < -0.4 is 0 Å². The van der Waals surface area contributed by atoms with E-state index in [9.17, 15) is 0 Å². The normalized spacial score (nSPS) is 13.8. The molecule has 0 amide bonds. The van der Waals surface area contributed by atoms with E-state index >= 15 is 0 Å². The zero-order valence-electron chi connectivity index (χ0n) is 7.90. The zero-order chi connectivity index (χ0) is 10.1. The zero-order valence-corrected chi connectivity index (χ0v) is 7.90. The highest BCUT2D eigenvalue weighted by Crippen LogP contribution is 1.95. The Bertz CT molecular complexity index is 170. The maximum absolute atomic E-state index is 8.27. The average Bonchev–Trinajstić information content (AvgIpc) is 2.17. The highest BCUT2D eigenvalue weighted by molar-refractivity contribution is 5.72. The number of rotatable bonds is 6. The van der Waals surface area contributed by atoms with Gasteiger partial charge < -0.3 is 19.4 Å². The second-order valence-electron chi connectivity index (χ2n) is 2.28. The number of nitrogens with zero attached hydrogens (tertiary/aromatic N) is 1. The lowest BCUT2D eigenvalue weighted by molar-refractivity contribution is -0.0679. The van der Waals surface area contributed by atoms with Crippen molar-refractivity contribution in [1.82, 2.24) is 0 Å². The van der Waals surface area contributed by atoms with Crippen LogP contribution in [0.5, 0.6) is 0 Å². The Kier molecular flexibility index (Phi) is 6.95. The Hall–Kier alpha value is -1.07. The fraction of sp³-hybridized carbons (Fsp3) is 0.625. The smallest absolute Gasteiger partial charge is 0.222 e. The van der Waals surface area contributed by atoms with Gasteiger partial charge in [0.25, 0.3) is 0 Å². The minimum absolute atomic E-state index is 0.176. The topological polar surface area (TPSA) is 60.3 Å². The van der Waals surface area contributed by atoms with Crippen LogP contribution in [0.2, 0.25) is 0 Å². The van der Waals surface area contributed by atoms with E-state index in [-0.39, 0.29) is 25.4 Å². The van der Waals surface area contributed by atoms with Crippen LogP contribution in [0.15, 0.2) is 17.8 Å². The molecule has 0 aliphatic heterocycles. The fourth-order valence-electron chi connectivity index (χ4n) is 0.571. The number of methoxy groups -OCH3 is 1. The molecule has 76 valence electrons. The molecule has 5 nitrogen and oxygen atoms in total. The molecule has 0 heterocycles. The van der Waals surface area contributed by atoms with Crippen molar-refractivity contribution in [2.24, 2.45) is 5.16 Å². The van der Waals surface area contributed by atoms with Crippen molar-refractivity contribution in [3.05, 3.63) is 12.7 Å². The lowest BCUT2D eigenvalue weighted by Crippen LogP contribution is -2.20. The maximum atomic E-state index is 8.27. The largest absolute Gasteiger partial charge is 0.476 e. The second kappa shape index (κ2) is 7.57. The minimum Gasteiger partial charge on any atom is -0.476 e. The summed E-state index contributed by atoms with van der Waals surface area (Å²) in [5.41, 5.74) is 0. The van der Waals surface area contributed by atoms with Crippen LogP contribution in [-0.2, 0) is 14.2 Å². The van der Waals surface area contributed by atoms with Crippen LogP contribution in [0, 0.1) is 0 Å². The molecule has 0 aliphatic carbocycles. The molecule has 0 fully saturated rings. The summed E-state index contributed by atoms with van der Waals surface area (Å²) in [5.74, 6) is 0.188. The van der Waals surface area contributed by atoms with E-state index in [1.165, 1.54) is 14.0 Å². The number of hydrogen-bond donors (Lipinski definition) is 1. The molecular formula is C8H15NO4. The summed E-state index contributed by atoms with van der Waals surface area (Å²) >= 11 is 0. The van der Waals surface area contributed by atoms with E-state index in [2.05, 4.69) is 11.7 Å². The Morgan fingerprint density at radius 3 is 2.85 bits per heavy atom. The first-order valence-electron chi connectivity index (χ1n) is 3.79. The van der Waals surface area contributed by atoms with Gasteiger partial charge in [-0.05, 0) is 0 Å². The van der Waals surface area contributed by atoms with Gasteiger partial charge in [0.15, 0.2) is 0 Å². The monoisotopic (exact) mass is 189 g/mol. The molecule has 0 rings (SSSR count). The van der Waals surface area contributed by atoms with E-state index in [0.29, 0.717) is 0 Å². The first-order chi connectivity index (χ1) is 6.24. The lowest BCUT2D eigenvalue weighted by atomic mass is 10.4. The van der Waals surface area contributed by atoms with Crippen molar-refractivity contribution in [2.45, 2.75) is 13.0 Å². The molecule has 0 saturated carbocycles. The first-order valence-corrected chi connectivity index (χ1v) is 3.79. The maximum Gasteiger partial charge on any atom is 0.222 e. The summed E-state index contributed by atoms with van der Waals surface area (Å²) in [6.07, 6.45) is 1.32. The highest BCUT2D eigenvalue weighted by atomic mass is 16.7. The number of hydrogen-bond acceptors (Lipinski definition) is 5. The van der Waals surface area contributed by atoms with Crippen LogP contribution in [0.3, 0.4) is 0 Å². The first kappa shape index (κ1) is 11.9. The van der Waals surface area contributed by atoms with Crippen molar-refractivity contribution < 1.29 is 19.4 Å². The van der Waals surface area contributed by atoms with Crippen LogP contribution in [0.4, 0.5) is 0 Å². The molecular weight excluding hydrogens is 174 g/mol. The van der Waals surface area contributed by atoms with Gasteiger partial charge in [0.05, 0.1) is 0 Å². The molecule has 1 unspecified atom stereocenters. The van der Waals surface area contributed by atoms with Gasteiger partial charge in [-0.15, -0.1) is 6.58 Å². The molecule has 0 bridgehead atoms. The molecule has 0 spiro atoms. The summed E-state index contributed by atoms with van der Waals surface area (Å²) in [6.45, 7) is 5.52. The molecule has 5 heteroatoms. The molecule has 0 aliphatic rings. The van der Waals surface area contributed by atoms with Gasteiger partial charge in [-0.1, -0.05) is 11.2 Å². The Balaban J connectivity index is 3.65. The van der Waals surface area contributed by atoms with Gasteiger partial charge in [-0.2, -0.15) is 0 Å². The number of ether oxygens (including phenoxy) is 3. The van der Waals surface area contributed by atoms with E-state index < -0.39 is 0 Å². The highest BCUT2D eigenvalue weighted by Gasteiger charge is 2.05. The molecule has 0 aromatic rings. The van der Waals surface area contributed by atoms with Crippen LogP contribution in [0.1, 0.15) is 6.92 Å². The number of oxime groups is 1. The quantitative estimate of drug-likeness (QED) is 0.169. The Labute approximate surface area is 77.6 Å². The molecule has 0 saturated heterocycles. The summed E-state index contributed by atoms with van der Waals surface area (Å²) in [5, 5.41) is 11.1. The lowest BCUT2D eigenvalue weighted by Gasteiger charge is -2.13. The van der Waals surface area contributed by atoms with E-state index in [1.807, 2.05) is 0 Å². The van der Waals surface area contributed by atoms with Gasteiger partial charge in [-0.25, -0.2) is 0 Å². The molecule has 13 heavy (non-hydrogen) atoms. The van der Waals surface area contributed by atoms with Crippen molar-refractivity contribution in [3.63, 3.8) is 0 Å². The molecule has 1 atom stereocenters. The van der Waals surface area contributed by atoms with Crippen molar-refractivity contribution >= 4 is 5.90 Å². The van der Waals surface area contributed by atoms with Gasteiger partial charge in [0, 0.05) is 14.0 Å². The van der Waals surface area contributed by atoms with E-state index in [1.54, 1.807) is 6.08 Å². The molecule has 1 N–H and O–H groups in total. The predicted octanol–water partition coefficient (Wildman–Crippen LogP) is 0.986. The third-order valence-corrected chi connectivity index (χ3v) is 1.26. The van der Waals surface area contributed by atoms with Gasteiger partial charge in [0.1, 0.15) is 19.5 Å². The van der Waals surface area contributed by atoms with Crippen LogP contribution >= 0.6 is 0 Å². The summed E-state index contributed by atoms with van der Waals surface area (Å²) in [7, 11) is 1.53. The molecule has 0 aromatic carbocycles. The van der Waals surface area contributed by atoms with Crippen LogP contribution in [-0.4, -0.2) is 37.7 Å². The van der Waals surface area contributed by atoms with Crippen molar-refractivity contribution in [3.8, 4) is 0 Å². The summed E-state index contributed by atoms with van der Waals surface area (Å²) in [6, 6.07) is 0. The average molecular weight is 189 g/mol. The van der Waals surface area contributed by atoms with Gasteiger partial charge in [0.2, 0.25) is 5.90 Å². The Morgan fingerprint density at radius 2 is 2.38 bits per heavy atom. The fourth-order valence-corrected chi connectivity index (χ4v) is 0.571. The van der Waals surface area contributed by atoms with Gasteiger partial charge >= 0.3 is 0 Å². The summed E-state index contributed by atoms with van der Waals surface area (Å²) in [4.78, 5) is 0. The molecule has 0 radical (unpaired) electrons. The third kappa shape index (κ3) is 6.12. The predicted molar refractivity (Wildman–Crippen MR) is 47.8 cm³/mol. The molecule has 0 aromatic heterocycles. The van der Waals surface area contributed by atoms with Gasteiger partial charge in [-0.3, -0.25) is 0 Å². The summed E-state index contributed by atoms with van der Waals surface area (Å²) < 4.78 is 14.8. The van der Waals surface area contributed by atoms with Crippen molar-refractivity contribution in [1.29, 1.82) is 0 Å². The Morgan fingerprint density at radius 1 is 1.69 bits per heavy atom. The van der Waals surface area contributed by atoms with E-state index in [0.717, 1.165) is 0 Å². The SMILES string of the molecule is C=CC(COC(C)=NO)OCOC. The third-order valence-electron chi connectivity index (χ3n) is 1.26. The van der Waals surface area contributed by atoms with E-state index in [4.69, 9.17) is 19.4 Å². The minimum atomic E-state index is -0.267. The van der Waals surface area contributed by atoms with Crippen molar-refractivity contribution in [2.75, 3.05) is 20.5 Å². The standard InChI is InChI=1S/C8H15NO4/c1-4-8(13-6-11-3)5-12-7(2)9-10/h4,8,10H,1,5-6H2,2-3H3.